The number of nitrogens with two attached hydrogens (primary N) is 1. The van der Waals surface area contributed by atoms with Gasteiger partial charge < -0.3 is 20.4 Å². The van der Waals surface area contributed by atoms with E-state index in [0.717, 1.165) is 16.9 Å². The summed E-state index contributed by atoms with van der Waals surface area (Å²) in [5.74, 6) is 0.346. The largest absolute Gasteiger partial charge is 0.484 e. The van der Waals surface area contributed by atoms with Gasteiger partial charge in [-0.25, -0.2) is 4.98 Å². The first-order valence-electron chi connectivity index (χ1n) is 7.74. The topological polar surface area (TPSA) is 99.2 Å². The van der Waals surface area contributed by atoms with Crippen LogP contribution in [0.15, 0.2) is 48.5 Å². The van der Waals surface area contributed by atoms with E-state index in [4.69, 9.17) is 10.5 Å². The van der Waals surface area contributed by atoms with Crippen molar-refractivity contribution >= 4 is 22.8 Å². The molecule has 0 saturated carbocycles. The maximum absolute atomic E-state index is 12.3. The Morgan fingerprint density at radius 2 is 2.00 bits per heavy atom. The van der Waals surface area contributed by atoms with Gasteiger partial charge in [0.05, 0.1) is 17.6 Å². The van der Waals surface area contributed by atoms with Gasteiger partial charge in [0.25, 0.3) is 11.8 Å². The predicted molar refractivity (Wildman–Crippen MR) is 93.0 cm³/mol. The molecule has 0 atom stereocenters. The molecule has 0 spiro atoms. The molecule has 0 saturated heterocycles. The van der Waals surface area contributed by atoms with E-state index in [2.05, 4.69) is 10.3 Å². The molecule has 2 aromatic carbocycles. The molecule has 128 valence electrons. The Morgan fingerprint density at radius 3 is 2.76 bits per heavy atom. The number of primary amides is 1. The quantitative estimate of drug-likeness (QED) is 0.709. The first kappa shape index (κ1) is 16.5. The minimum Gasteiger partial charge on any atom is -0.484 e. The first-order valence-corrected chi connectivity index (χ1v) is 7.74. The van der Waals surface area contributed by atoms with E-state index in [1.54, 1.807) is 24.3 Å². The fraction of sp³-hybridized carbons (Fsp3) is 0.167. The zero-order chi connectivity index (χ0) is 17.8. The number of nitrogens with zero attached hydrogens (tertiary/aromatic N) is 2. The van der Waals surface area contributed by atoms with Crippen molar-refractivity contribution in [2.24, 2.45) is 12.8 Å². The zero-order valence-corrected chi connectivity index (χ0v) is 13.7. The standard InChI is InChI=1S/C18H18N4O3/c1-22-15-8-3-2-7-14(15)21-17(22)10-20-18(24)12-5-4-6-13(9-12)25-11-16(19)23/h2-9H,10-11H2,1H3,(H2,19,23)(H,20,24). The number of fused-ring (bicyclic) bond motifs is 1. The third-order valence-corrected chi connectivity index (χ3v) is 3.76. The molecule has 1 heterocycles. The van der Waals surface area contributed by atoms with Crippen LogP contribution in [-0.4, -0.2) is 28.0 Å². The van der Waals surface area contributed by atoms with E-state index in [1.807, 2.05) is 35.9 Å². The Balaban J connectivity index is 1.68. The molecule has 2 amide bonds. The average molecular weight is 338 g/mol. The monoisotopic (exact) mass is 338 g/mol. The van der Waals surface area contributed by atoms with Crippen LogP contribution in [0.25, 0.3) is 11.0 Å². The molecule has 0 aliphatic carbocycles. The van der Waals surface area contributed by atoms with Gasteiger partial charge in [0.15, 0.2) is 6.61 Å². The van der Waals surface area contributed by atoms with Gasteiger partial charge in [-0.3, -0.25) is 9.59 Å². The molecule has 1 aromatic heterocycles. The van der Waals surface area contributed by atoms with Crippen LogP contribution >= 0.6 is 0 Å². The molecule has 3 N–H and O–H groups in total. The van der Waals surface area contributed by atoms with Crippen molar-refractivity contribution in [2.75, 3.05) is 6.61 Å². The van der Waals surface area contributed by atoms with Crippen molar-refractivity contribution in [2.45, 2.75) is 6.54 Å². The Labute approximate surface area is 144 Å². The smallest absolute Gasteiger partial charge is 0.255 e. The molecule has 7 nitrogen and oxygen atoms in total. The van der Waals surface area contributed by atoms with Gasteiger partial charge in [-0.15, -0.1) is 0 Å². The molecule has 0 bridgehead atoms. The number of para-hydroxylation sites is 2. The zero-order valence-electron chi connectivity index (χ0n) is 13.7. The summed E-state index contributed by atoms with van der Waals surface area (Å²) in [7, 11) is 1.91. The normalized spacial score (nSPS) is 10.6. The number of aryl methyl sites for hydroxylation is 1. The molecule has 0 aliphatic heterocycles. The van der Waals surface area contributed by atoms with Crippen LogP contribution in [0.5, 0.6) is 5.75 Å². The molecule has 0 fully saturated rings. The molecular formula is C18H18N4O3. The summed E-state index contributed by atoms with van der Waals surface area (Å²) in [4.78, 5) is 27.6. The Kier molecular flexibility index (Phi) is 4.65. The van der Waals surface area contributed by atoms with Gasteiger partial charge in [0.2, 0.25) is 0 Å². The van der Waals surface area contributed by atoms with Gasteiger partial charge in [-0.2, -0.15) is 0 Å². The van der Waals surface area contributed by atoms with Gasteiger partial charge in [0.1, 0.15) is 11.6 Å². The van der Waals surface area contributed by atoms with Crippen molar-refractivity contribution < 1.29 is 14.3 Å². The van der Waals surface area contributed by atoms with Crippen LogP contribution in [0, 0.1) is 0 Å². The molecular weight excluding hydrogens is 320 g/mol. The van der Waals surface area contributed by atoms with E-state index >= 15 is 0 Å². The summed E-state index contributed by atoms with van der Waals surface area (Å²) in [6.45, 7) is 0.0707. The van der Waals surface area contributed by atoms with E-state index < -0.39 is 5.91 Å². The maximum Gasteiger partial charge on any atom is 0.255 e. The van der Waals surface area contributed by atoms with Crippen molar-refractivity contribution in [1.82, 2.24) is 14.9 Å². The van der Waals surface area contributed by atoms with Crippen molar-refractivity contribution in [3.8, 4) is 5.75 Å². The number of nitrogens with one attached hydrogen (secondary N) is 1. The number of imidazole rings is 1. The second kappa shape index (κ2) is 7.04. The Bertz CT molecular complexity index is 933. The van der Waals surface area contributed by atoms with Crippen LogP contribution < -0.4 is 15.8 Å². The van der Waals surface area contributed by atoms with Crippen LogP contribution in [0.3, 0.4) is 0 Å². The molecule has 25 heavy (non-hydrogen) atoms. The third kappa shape index (κ3) is 3.77. The van der Waals surface area contributed by atoms with Crippen LogP contribution in [0.2, 0.25) is 0 Å². The summed E-state index contributed by atoms with van der Waals surface area (Å²) in [6.07, 6.45) is 0. The third-order valence-electron chi connectivity index (χ3n) is 3.76. The minimum absolute atomic E-state index is 0.231. The highest BCUT2D eigenvalue weighted by Crippen LogP contribution is 2.15. The van der Waals surface area contributed by atoms with Crippen molar-refractivity contribution in [3.05, 3.63) is 59.9 Å². The van der Waals surface area contributed by atoms with Gasteiger partial charge >= 0.3 is 0 Å². The highest BCUT2D eigenvalue weighted by atomic mass is 16.5. The van der Waals surface area contributed by atoms with Crippen LogP contribution in [0.1, 0.15) is 16.2 Å². The molecule has 0 unspecified atom stereocenters. The number of benzene rings is 2. The van der Waals surface area contributed by atoms with Crippen LogP contribution in [0.4, 0.5) is 0 Å². The number of amides is 2. The summed E-state index contributed by atoms with van der Waals surface area (Å²) < 4.78 is 7.16. The molecule has 7 heteroatoms. The number of aromatic nitrogens is 2. The highest BCUT2D eigenvalue weighted by Gasteiger charge is 2.11. The minimum atomic E-state index is -0.572. The highest BCUT2D eigenvalue weighted by molar-refractivity contribution is 5.94. The lowest BCUT2D eigenvalue weighted by molar-refractivity contribution is -0.119. The van der Waals surface area contributed by atoms with Crippen LogP contribution in [-0.2, 0) is 18.4 Å². The number of carbonyl (C=O) groups is 2. The lowest BCUT2D eigenvalue weighted by Gasteiger charge is -2.08. The van der Waals surface area contributed by atoms with E-state index in [9.17, 15) is 9.59 Å². The molecule has 0 aliphatic rings. The SMILES string of the molecule is Cn1c(CNC(=O)c2cccc(OCC(N)=O)c2)nc2ccccc21. The number of hydrogen-bond acceptors (Lipinski definition) is 4. The van der Waals surface area contributed by atoms with E-state index in [1.165, 1.54) is 0 Å². The number of ether oxygens (including phenoxy) is 1. The first-order chi connectivity index (χ1) is 12.0. The second-order valence-corrected chi connectivity index (χ2v) is 5.54. The molecule has 0 radical (unpaired) electrons. The van der Waals surface area contributed by atoms with E-state index in [-0.39, 0.29) is 12.5 Å². The Morgan fingerprint density at radius 1 is 1.20 bits per heavy atom. The number of rotatable bonds is 6. The number of carbonyl (C=O) groups excluding carboxylic acids is 2. The average Bonchev–Trinajstić information content (AvgIpc) is 2.94. The molecule has 3 aromatic rings. The lowest BCUT2D eigenvalue weighted by atomic mass is 10.2. The fourth-order valence-electron chi connectivity index (χ4n) is 2.50. The number of hydrogen-bond donors (Lipinski definition) is 2. The summed E-state index contributed by atoms with van der Waals surface area (Å²) >= 11 is 0. The fourth-order valence-corrected chi connectivity index (χ4v) is 2.50. The van der Waals surface area contributed by atoms with Crippen molar-refractivity contribution in [3.63, 3.8) is 0 Å². The maximum atomic E-state index is 12.3. The predicted octanol–water partition coefficient (Wildman–Crippen LogP) is 1.37. The van der Waals surface area contributed by atoms with Gasteiger partial charge in [0, 0.05) is 12.6 Å². The van der Waals surface area contributed by atoms with Gasteiger partial charge in [-0.1, -0.05) is 18.2 Å². The summed E-state index contributed by atoms with van der Waals surface area (Å²) in [6, 6.07) is 14.4. The summed E-state index contributed by atoms with van der Waals surface area (Å²) in [5, 5.41) is 2.84. The second-order valence-electron chi connectivity index (χ2n) is 5.54. The molecule has 3 rings (SSSR count). The van der Waals surface area contributed by atoms with Gasteiger partial charge in [-0.05, 0) is 30.3 Å². The van der Waals surface area contributed by atoms with Crippen molar-refractivity contribution in [1.29, 1.82) is 0 Å². The lowest BCUT2D eigenvalue weighted by Crippen LogP contribution is -2.24. The van der Waals surface area contributed by atoms with E-state index in [0.29, 0.717) is 17.9 Å². The summed E-state index contributed by atoms with van der Waals surface area (Å²) in [5.41, 5.74) is 7.37. The Hall–Kier alpha value is -3.35.